The zero-order chi connectivity index (χ0) is 16.8. The van der Waals surface area contributed by atoms with Crippen molar-refractivity contribution in [3.8, 4) is 0 Å². The molecule has 0 amide bonds. The van der Waals surface area contributed by atoms with Crippen LogP contribution in [0.5, 0.6) is 0 Å². The van der Waals surface area contributed by atoms with Crippen molar-refractivity contribution in [2.45, 2.75) is 49.8 Å². The first-order chi connectivity index (χ1) is 10.8. The van der Waals surface area contributed by atoms with E-state index in [1.807, 2.05) is 13.8 Å². The van der Waals surface area contributed by atoms with Crippen LogP contribution in [0.2, 0.25) is 0 Å². The summed E-state index contributed by atoms with van der Waals surface area (Å²) in [5.41, 5.74) is 2.06. The molecule has 0 bridgehead atoms. The minimum absolute atomic E-state index is 0.0851. The van der Waals surface area contributed by atoms with Crippen LogP contribution >= 0.6 is 0 Å². The Morgan fingerprint density at radius 2 is 2.00 bits per heavy atom. The molecule has 23 heavy (non-hydrogen) atoms. The molecule has 0 saturated carbocycles. The summed E-state index contributed by atoms with van der Waals surface area (Å²) < 4.78 is 30.1. The van der Waals surface area contributed by atoms with Crippen LogP contribution in [0.25, 0.3) is 0 Å². The van der Waals surface area contributed by atoms with E-state index in [4.69, 9.17) is 4.18 Å². The molecule has 124 valence electrons. The number of carboxylic acid groups (broad SMARTS) is 1. The van der Waals surface area contributed by atoms with Crippen molar-refractivity contribution in [2.24, 2.45) is 0 Å². The lowest BCUT2D eigenvalue weighted by atomic mass is 9.88. The number of rotatable bonds is 5. The number of aliphatic carboxylic acids is 1. The zero-order valence-corrected chi connectivity index (χ0v) is 13.8. The highest BCUT2D eigenvalue weighted by Crippen LogP contribution is 2.38. The van der Waals surface area contributed by atoms with Crippen LogP contribution in [-0.2, 0) is 19.1 Å². The highest BCUT2D eigenvalue weighted by molar-refractivity contribution is 7.86. The average Bonchev–Trinajstić information content (AvgIpc) is 3.27. The normalized spacial score (nSPS) is 26.8. The lowest BCUT2D eigenvalue weighted by Gasteiger charge is -2.23. The quantitative estimate of drug-likeness (QED) is 0.625. The third kappa shape index (κ3) is 3.04. The molecular formula is C16H19NO5S. The first-order valence-electron chi connectivity index (χ1n) is 7.54. The predicted molar refractivity (Wildman–Crippen MR) is 83.5 cm³/mol. The molecule has 1 aliphatic heterocycles. The predicted octanol–water partition coefficient (Wildman–Crippen LogP) is 1.60. The summed E-state index contributed by atoms with van der Waals surface area (Å²) in [5, 5.41) is 12.5. The van der Waals surface area contributed by atoms with Gasteiger partial charge in [-0.15, -0.1) is 0 Å². The van der Waals surface area contributed by atoms with Crippen LogP contribution < -0.4 is 5.32 Å². The molecule has 7 heteroatoms. The van der Waals surface area contributed by atoms with Gasteiger partial charge in [0.05, 0.1) is 17.0 Å². The lowest BCUT2D eigenvalue weighted by Crippen LogP contribution is -2.32. The maximum absolute atomic E-state index is 12.4. The monoisotopic (exact) mass is 337 g/mol. The Hall–Kier alpha value is -1.70. The van der Waals surface area contributed by atoms with Crippen LogP contribution in [0, 0.1) is 6.92 Å². The number of carbonyl (C=O) groups is 1. The molecule has 1 aromatic carbocycles. The van der Waals surface area contributed by atoms with Crippen molar-refractivity contribution in [3.63, 3.8) is 0 Å². The summed E-state index contributed by atoms with van der Waals surface area (Å²) in [4.78, 5) is 11.5. The van der Waals surface area contributed by atoms with E-state index in [1.165, 1.54) is 12.1 Å². The van der Waals surface area contributed by atoms with Gasteiger partial charge in [0.2, 0.25) is 0 Å². The van der Waals surface area contributed by atoms with Crippen LogP contribution in [0.3, 0.4) is 0 Å². The van der Waals surface area contributed by atoms with Gasteiger partial charge in [0.15, 0.2) is 0 Å². The van der Waals surface area contributed by atoms with Gasteiger partial charge in [-0.2, -0.15) is 8.42 Å². The Morgan fingerprint density at radius 3 is 2.57 bits per heavy atom. The number of aryl methyl sites for hydroxylation is 1. The fourth-order valence-corrected chi connectivity index (χ4v) is 4.21. The molecule has 0 spiro atoms. The van der Waals surface area contributed by atoms with Crippen molar-refractivity contribution >= 4 is 16.1 Å². The molecule has 3 rings (SSSR count). The highest BCUT2D eigenvalue weighted by atomic mass is 32.2. The summed E-state index contributed by atoms with van der Waals surface area (Å²) in [6.45, 7) is 3.77. The summed E-state index contributed by atoms with van der Waals surface area (Å²) >= 11 is 0. The third-order valence-electron chi connectivity index (χ3n) is 4.39. The summed E-state index contributed by atoms with van der Waals surface area (Å²) in [6, 6.07) is 6.18. The second kappa shape index (κ2) is 5.74. The molecule has 6 nitrogen and oxygen atoms in total. The summed E-state index contributed by atoms with van der Waals surface area (Å²) in [7, 11) is -3.91. The molecule has 2 N–H and O–H groups in total. The van der Waals surface area contributed by atoms with Gasteiger partial charge in [-0.1, -0.05) is 24.6 Å². The number of fused-ring (bicyclic) bond motifs is 1. The van der Waals surface area contributed by atoms with Crippen molar-refractivity contribution in [1.82, 2.24) is 5.32 Å². The van der Waals surface area contributed by atoms with E-state index in [2.05, 4.69) is 5.32 Å². The lowest BCUT2D eigenvalue weighted by molar-refractivity contribution is -0.133. The fraction of sp³-hybridized carbons (Fsp3) is 0.438. The van der Waals surface area contributed by atoms with Crippen molar-refractivity contribution in [1.29, 1.82) is 0 Å². The van der Waals surface area contributed by atoms with Gasteiger partial charge in [0, 0.05) is 18.0 Å². The van der Waals surface area contributed by atoms with Crippen molar-refractivity contribution in [3.05, 3.63) is 41.0 Å². The van der Waals surface area contributed by atoms with E-state index >= 15 is 0 Å². The molecule has 3 atom stereocenters. The number of hydrogen-bond acceptors (Lipinski definition) is 5. The second-order valence-corrected chi connectivity index (χ2v) is 7.51. The molecular weight excluding hydrogens is 318 g/mol. The largest absolute Gasteiger partial charge is 0.478 e. The topological polar surface area (TPSA) is 103 Å². The van der Waals surface area contributed by atoms with Gasteiger partial charge in [-0.3, -0.25) is 4.18 Å². The van der Waals surface area contributed by atoms with E-state index in [9.17, 15) is 18.3 Å². The van der Waals surface area contributed by atoms with Gasteiger partial charge in [0.25, 0.3) is 10.1 Å². The maximum atomic E-state index is 12.4. The zero-order valence-electron chi connectivity index (χ0n) is 12.9. The number of benzene rings is 1. The minimum Gasteiger partial charge on any atom is -0.478 e. The molecule has 1 heterocycles. The first kappa shape index (κ1) is 16.2. The Morgan fingerprint density at radius 1 is 1.35 bits per heavy atom. The highest BCUT2D eigenvalue weighted by Gasteiger charge is 2.51. The number of carboxylic acids is 1. The molecule has 1 saturated heterocycles. The van der Waals surface area contributed by atoms with Gasteiger partial charge in [-0.25, -0.2) is 4.79 Å². The average molecular weight is 337 g/mol. The molecule has 0 unspecified atom stereocenters. The third-order valence-corrected chi connectivity index (χ3v) is 5.74. The molecule has 1 aromatic rings. The molecule has 0 aromatic heterocycles. The van der Waals surface area contributed by atoms with Crippen molar-refractivity contribution < 1.29 is 22.5 Å². The first-order valence-corrected chi connectivity index (χ1v) is 8.95. The minimum atomic E-state index is -3.91. The molecule has 1 fully saturated rings. The van der Waals surface area contributed by atoms with E-state index < -0.39 is 22.2 Å². The Kier molecular flexibility index (Phi) is 4.03. The molecule has 1 aliphatic carbocycles. The Balaban J connectivity index is 1.83. The summed E-state index contributed by atoms with van der Waals surface area (Å²) in [5.74, 6) is -1.00. The van der Waals surface area contributed by atoms with E-state index in [0.29, 0.717) is 6.42 Å². The van der Waals surface area contributed by atoms with Gasteiger partial charge in [0.1, 0.15) is 0 Å². The van der Waals surface area contributed by atoms with Gasteiger partial charge in [-0.05, 0) is 31.1 Å². The summed E-state index contributed by atoms with van der Waals surface area (Å²) in [6.07, 6.45) is 0.0399. The van der Waals surface area contributed by atoms with Gasteiger partial charge >= 0.3 is 5.97 Å². The van der Waals surface area contributed by atoms with Crippen molar-refractivity contribution in [2.75, 3.05) is 0 Å². The van der Waals surface area contributed by atoms with Crippen LogP contribution in [0.4, 0.5) is 0 Å². The SMILES string of the molecule is CCC1=C(C(=O)O)C[C@@H](OS(=O)(=O)c2ccc(C)cc2)[C@@H]2N[C@@H]12. The molecule has 2 aliphatic rings. The second-order valence-electron chi connectivity index (χ2n) is 5.94. The fourth-order valence-electron chi connectivity index (χ4n) is 3.11. The van der Waals surface area contributed by atoms with Crippen LogP contribution in [-0.4, -0.2) is 37.7 Å². The maximum Gasteiger partial charge on any atom is 0.331 e. The van der Waals surface area contributed by atoms with E-state index in [1.54, 1.807) is 12.1 Å². The van der Waals surface area contributed by atoms with E-state index in [-0.39, 0.29) is 29.0 Å². The van der Waals surface area contributed by atoms with Gasteiger partial charge < -0.3 is 10.4 Å². The standard InChI is InChI=1S/C16H19NO5S/c1-3-11-12(16(18)19)8-13(15-14(11)17-15)22-23(20,21)10-6-4-9(2)5-7-10/h4-7,13-15,17H,3,8H2,1-2H3,(H,18,19)/t13-,14+,15+/m1/s1. The number of hydrogen-bond donors (Lipinski definition) is 2. The van der Waals surface area contributed by atoms with Crippen LogP contribution in [0.15, 0.2) is 40.3 Å². The molecule has 0 radical (unpaired) electrons. The Bertz CT molecular complexity index is 766. The number of nitrogens with one attached hydrogen (secondary N) is 1. The van der Waals surface area contributed by atoms with Crippen LogP contribution in [0.1, 0.15) is 25.3 Å². The smallest absolute Gasteiger partial charge is 0.331 e. The van der Waals surface area contributed by atoms with E-state index in [0.717, 1.165) is 11.1 Å². The Labute approximate surface area is 135 Å².